The highest BCUT2D eigenvalue weighted by atomic mass is 32.2. The summed E-state index contributed by atoms with van der Waals surface area (Å²) >= 11 is 5.31. The van der Waals surface area contributed by atoms with Gasteiger partial charge in [-0.2, -0.15) is 24.4 Å². The van der Waals surface area contributed by atoms with E-state index >= 15 is 0 Å². The van der Waals surface area contributed by atoms with Gasteiger partial charge in [0.25, 0.3) is 0 Å². The number of thiol groups is 1. The maximum absolute atomic E-state index is 12.2. The van der Waals surface area contributed by atoms with Gasteiger partial charge < -0.3 is 26.6 Å². The van der Waals surface area contributed by atoms with E-state index in [1.54, 1.807) is 0 Å². The number of rotatable bonds is 12. The van der Waals surface area contributed by atoms with E-state index in [-0.39, 0.29) is 25.0 Å². The third-order valence-corrected chi connectivity index (χ3v) is 4.06. The van der Waals surface area contributed by atoms with Crippen molar-refractivity contribution in [1.82, 2.24) is 10.6 Å². The maximum Gasteiger partial charge on any atom is 0.327 e. The fourth-order valence-corrected chi connectivity index (χ4v) is 2.37. The van der Waals surface area contributed by atoms with Gasteiger partial charge in [-0.1, -0.05) is 0 Å². The lowest BCUT2D eigenvalue weighted by molar-refractivity contribution is -0.141. The summed E-state index contributed by atoms with van der Waals surface area (Å²) in [4.78, 5) is 45.6. The number of hydrogen-bond donors (Lipinski definition) is 6. The van der Waals surface area contributed by atoms with Crippen LogP contribution in [0.5, 0.6) is 0 Å². The normalized spacial score (nSPS) is 14.3. The van der Waals surface area contributed by atoms with Gasteiger partial charge in [0.2, 0.25) is 11.8 Å². The molecule has 0 unspecified atom stereocenters. The van der Waals surface area contributed by atoms with Crippen molar-refractivity contribution in [3.8, 4) is 0 Å². The van der Waals surface area contributed by atoms with E-state index in [0.29, 0.717) is 5.75 Å². The van der Waals surface area contributed by atoms with Crippen LogP contribution in [0.15, 0.2) is 0 Å². The Hall–Kier alpha value is -1.46. The van der Waals surface area contributed by atoms with Gasteiger partial charge in [0, 0.05) is 12.2 Å². The van der Waals surface area contributed by atoms with Crippen molar-refractivity contribution in [3.63, 3.8) is 0 Å². The number of hydrogen-bond acceptors (Lipinski definition) is 7. The molecule has 3 atom stereocenters. The molecule has 24 heavy (non-hydrogen) atoms. The van der Waals surface area contributed by atoms with Gasteiger partial charge in [-0.25, -0.2) is 4.79 Å². The Morgan fingerprint density at radius 1 is 1.08 bits per heavy atom. The Labute approximate surface area is 149 Å². The fraction of sp³-hybridized carbons (Fsp3) is 0.692. The molecule has 11 heteroatoms. The van der Waals surface area contributed by atoms with Crippen LogP contribution in [0.25, 0.3) is 0 Å². The molecule has 6 N–H and O–H groups in total. The lowest BCUT2D eigenvalue weighted by Gasteiger charge is -2.22. The van der Waals surface area contributed by atoms with Gasteiger partial charge in [-0.05, 0) is 24.9 Å². The van der Waals surface area contributed by atoms with Crippen LogP contribution in [0, 0.1) is 0 Å². The van der Waals surface area contributed by atoms with E-state index in [4.69, 9.17) is 15.9 Å². The molecule has 138 valence electrons. The topological polar surface area (TPSA) is 159 Å². The number of aliphatic carboxylic acids is 2. The third kappa shape index (κ3) is 8.99. The van der Waals surface area contributed by atoms with Crippen molar-refractivity contribution < 1.29 is 29.4 Å². The van der Waals surface area contributed by atoms with Crippen LogP contribution >= 0.6 is 24.4 Å². The van der Waals surface area contributed by atoms with Crippen LogP contribution < -0.4 is 16.4 Å². The van der Waals surface area contributed by atoms with E-state index in [1.807, 2.05) is 6.26 Å². The summed E-state index contributed by atoms with van der Waals surface area (Å²) in [6.45, 7) is 0. The lowest BCUT2D eigenvalue weighted by Crippen LogP contribution is -2.55. The Kier molecular flexibility index (Phi) is 11.3. The van der Waals surface area contributed by atoms with Crippen LogP contribution in [-0.4, -0.2) is 69.9 Å². The molecular formula is C13H23N3O6S2. The molecule has 0 fully saturated rings. The van der Waals surface area contributed by atoms with Crippen LogP contribution in [-0.2, 0) is 19.2 Å². The van der Waals surface area contributed by atoms with Crippen molar-refractivity contribution in [2.75, 3.05) is 17.8 Å². The van der Waals surface area contributed by atoms with Crippen molar-refractivity contribution in [1.29, 1.82) is 0 Å². The number of carbonyl (C=O) groups is 4. The monoisotopic (exact) mass is 381 g/mol. The molecular weight excluding hydrogens is 358 g/mol. The zero-order valence-electron chi connectivity index (χ0n) is 13.2. The smallest absolute Gasteiger partial charge is 0.327 e. The molecule has 9 nitrogen and oxygen atoms in total. The predicted octanol–water partition coefficient (Wildman–Crippen LogP) is -1.08. The molecule has 0 aromatic carbocycles. The fourth-order valence-electron chi connectivity index (χ4n) is 1.65. The number of nitrogens with two attached hydrogens (primary N) is 1. The van der Waals surface area contributed by atoms with Gasteiger partial charge in [0.05, 0.1) is 6.04 Å². The average Bonchev–Trinajstić information content (AvgIpc) is 2.52. The van der Waals surface area contributed by atoms with Crippen LogP contribution in [0.2, 0.25) is 0 Å². The molecule has 2 amide bonds. The summed E-state index contributed by atoms with van der Waals surface area (Å²) in [5, 5.41) is 22.3. The Morgan fingerprint density at radius 2 is 1.67 bits per heavy atom. The molecule has 0 rings (SSSR count). The number of carboxylic acid groups (broad SMARTS) is 2. The first-order valence-electron chi connectivity index (χ1n) is 7.13. The molecule has 0 spiro atoms. The third-order valence-electron chi connectivity index (χ3n) is 3.05. The number of thioether (sulfide) groups is 1. The van der Waals surface area contributed by atoms with E-state index in [2.05, 4.69) is 23.3 Å². The highest BCUT2D eigenvalue weighted by Crippen LogP contribution is 2.04. The molecule has 0 heterocycles. The Balaban J connectivity index is 4.79. The molecule has 0 radical (unpaired) electrons. The van der Waals surface area contributed by atoms with E-state index in [0.717, 1.165) is 0 Å². The zero-order valence-corrected chi connectivity index (χ0v) is 14.9. The molecule has 0 aromatic heterocycles. The van der Waals surface area contributed by atoms with E-state index in [9.17, 15) is 19.2 Å². The molecule has 0 aliphatic rings. The summed E-state index contributed by atoms with van der Waals surface area (Å²) in [5.41, 5.74) is 5.60. The quantitative estimate of drug-likeness (QED) is 0.233. The minimum atomic E-state index is -1.23. The van der Waals surface area contributed by atoms with Crippen molar-refractivity contribution >= 4 is 48.1 Å². The van der Waals surface area contributed by atoms with E-state index in [1.165, 1.54) is 11.8 Å². The SMILES string of the molecule is CSCC[C@H](NC(=O)[C@@H](N)CCC(=O)O)C(=O)N[C@@H](CS)C(=O)O. The number of amides is 2. The number of carboxylic acids is 2. The largest absolute Gasteiger partial charge is 0.481 e. The van der Waals surface area contributed by atoms with Gasteiger partial charge >= 0.3 is 11.9 Å². The predicted molar refractivity (Wildman–Crippen MR) is 93.2 cm³/mol. The van der Waals surface area contributed by atoms with Crippen LogP contribution in [0.1, 0.15) is 19.3 Å². The van der Waals surface area contributed by atoms with Gasteiger partial charge in [0.1, 0.15) is 12.1 Å². The van der Waals surface area contributed by atoms with Crippen molar-refractivity contribution in [3.05, 3.63) is 0 Å². The second-order valence-electron chi connectivity index (χ2n) is 4.96. The molecule has 0 aliphatic carbocycles. The molecule has 0 saturated carbocycles. The second-order valence-corrected chi connectivity index (χ2v) is 6.31. The first-order chi connectivity index (χ1) is 11.2. The van der Waals surface area contributed by atoms with Crippen molar-refractivity contribution in [2.24, 2.45) is 5.73 Å². The Morgan fingerprint density at radius 3 is 2.12 bits per heavy atom. The van der Waals surface area contributed by atoms with Crippen molar-refractivity contribution in [2.45, 2.75) is 37.4 Å². The summed E-state index contributed by atoms with van der Waals surface area (Å²) in [5.74, 6) is -3.15. The minimum absolute atomic E-state index is 0.0631. The maximum atomic E-state index is 12.2. The zero-order chi connectivity index (χ0) is 18.7. The molecule has 0 aromatic rings. The summed E-state index contributed by atoms with van der Waals surface area (Å²) in [7, 11) is 0. The van der Waals surface area contributed by atoms with Crippen LogP contribution in [0.4, 0.5) is 0 Å². The molecule has 0 saturated heterocycles. The van der Waals surface area contributed by atoms with Gasteiger partial charge in [0.15, 0.2) is 0 Å². The molecule has 0 bridgehead atoms. The van der Waals surface area contributed by atoms with E-state index < -0.39 is 41.9 Å². The number of nitrogens with one attached hydrogen (secondary N) is 2. The summed E-state index contributed by atoms with van der Waals surface area (Å²) < 4.78 is 0. The lowest BCUT2D eigenvalue weighted by atomic mass is 10.1. The number of carbonyl (C=O) groups excluding carboxylic acids is 2. The highest BCUT2D eigenvalue weighted by Gasteiger charge is 2.27. The second kappa shape index (κ2) is 12.0. The summed E-state index contributed by atoms with van der Waals surface area (Å²) in [6, 6.07) is -3.19. The summed E-state index contributed by atoms with van der Waals surface area (Å²) in [6.07, 6.45) is 1.77. The minimum Gasteiger partial charge on any atom is -0.481 e. The first kappa shape index (κ1) is 22.5. The van der Waals surface area contributed by atoms with Crippen LogP contribution in [0.3, 0.4) is 0 Å². The average molecular weight is 381 g/mol. The standard InChI is InChI=1S/C13H23N3O6S2/c1-24-5-4-8(12(20)16-9(6-23)13(21)22)15-11(19)7(14)2-3-10(17)18/h7-9,23H,2-6,14H2,1H3,(H,15,19)(H,16,20)(H,17,18)(H,21,22)/t7-,8-,9-/m0/s1. The molecule has 0 aliphatic heterocycles. The van der Waals surface area contributed by atoms with Gasteiger partial charge in [-0.3, -0.25) is 14.4 Å². The first-order valence-corrected chi connectivity index (χ1v) is 9.16. The van der Waals surface area contributed by atoms with Gasteiger partial charge in [-0.15, -0.1) is 0 Å². The Bertz CT molecular complexity index is 463. The highest BCUT2D eigenvalue weighted by molar-refractivity contribution is 7.98.